The highest BCUT2D eigenvalue weighted by atomic mass is 16.4. The first-order valence-electron chi connectivity index (χ1n) is 5.13. The summed E-state index contributed by atoms with van der Waals surface area (Å²) in [7, 11) is 0. The molecule has 0 aliphatic heterocycles. The maximum absolute atomic E-state index is 11.5. The second-order valence-electron chi connectivity index (χ2n) is 3.56. The maximum atomic E-state index is 11.5. The van der Waals surface area contributed by atoms with E-state index < -0.39 is 12.1 Å². The van der Waals surface area contributed by atoms with E-state index in [1.165, 1.54) is 0 Å². The van der Waals surface area contributed by atoms with Crippen LogP contribution in [0.2, 0.25) is 0 Å². The number of hydrogen-bond acceptors (Lipinski definition) is 4. The Kier molecular flexibility index (Phi) is 4.59. The van der Waals surface area contributed by atoms with E-state index in [1.807, 2.05) is 0 Å². The van der Waals surface area contributed by atoms with Crippen LogP contribution in [0.15, 0.2) is 18.2 Å². The number of nitrogens with zero attached hydrogens (tertiary/aromatic N) is 1. The second-order valence-corrected chi connectivity index (χ2v) is 3.56. The molecule has 17 heavy (non-hydrogen) atoms. The molecule has 6 nitrogen and oxygen atoms in total. The number of rotatable bonds is 5. The van der Waals surface area contributed by atoms with Crippen molar-refractivity contribution < 1.29 is 19.8 Å². The van der Waals surface area contributed by atoms with E-state index in [-0.39, 0.29) is 24.6 Å². The number of carbonyl (C=O) groups excluding carboxylic acids is 1. The normalized spacial score (nSPS) is 11.9. The number of aryl methyl sites for hydroxylation is 1. The van der Waals surface area contributed by atoms with Crippen LogP contribution in [0, 0.1) is 6.92 Å². The standard InChI is InChI=1S/C11H14N2O4/c1-7-3-2-4-8(13-7)10(15)12-6-5-9(14)11(16)17/h2-4,9,14H,5-6H2,1H3,(H,12,15)(H,16,17)/t9-/m0/s1. The number of carbonyl (C=O) groups is 2. The van der Waals surface area contributed by atoms with Crippen LogP contribution in [0.5, 0.6) is 0 Å². The number of nitrogens with one attached hydrogen (secondary N) is 1. The Morgan fingerprint density at radius 1 is 1.47 bits per heavy atom. The predicted octanol–water partition coefficient (Wildman–Crippen LogP) is -0.0446. The molecular weight excluding hydrogens is 224 g/mol. The third-order valence-corrected chi connectivity index (χ3v) is 2.11. The molecular formula is C11H14N2O4. The molecule has 1 aromatic rings. The number of hydrogen-bond donors (Lipinski definition) is 3. The van der Waals surface area contributed by atoms with Gasteiger partial charge in [-0.1, -0.05) is 6.07 Å². The average Bonchev–Trinajstić information content (AvgIpc) is 2.28. The number of aliphatic hydroxyl groups excluding tert-OH is 1. The van der Waals surface area contributed by atoms with Gasteiger partial charge in [0.1, 0.15) is 5.69 Å². The minimum atomic E-state index is -1.46. The predicted molar refractivity (Wildman–Crippen MR) is 59.6 cm³/mol. The van der Waals surface area contributed by atoms with E-state index in [2.05, 4.69) is 10.3 Å². The zero-order valence-corrected chi connectivity index (χ0v) is 9.38. The van der Waals surface area contributed by atoms with Gasteiger partial charge in [-0.2, -0.15) is 0 Å². The zero-order valence-electron chi connectivity index (χ0n) is 9.38. The molecule has 1 amide bonds. The number of aromatic nitrogens is 1. The van der Waals surface area contributed by atoms with Crippen LogP contribution in [0.1, 0.15) is 22.6 Å². The average molecular weight is 238 g/mol. The van der Waals surface area contributed by atoms with Crippen molar-refractivity contribution in [1.29, 1.82) is 0 Å². The summed E-state index contributed by atoms with van der Waals surface area (Å²) in [6, 6.07) is 5.05. The van der Waals surface area contributed by atoms with Crippen molar-refractivity contribution in [2.45, 2.75) is 19.4 Å². The van der Waals surface area contributed by atoms with Gasteiger partial charge < -0.3 is 15.5 Å². The molecule has 0 bridgehead atoms. The van der Waals surface area contributed by atoms with Gasteiger partial charge in [0, 0.05) is 18.7 Å². The molecule has 1 rings (SSSR count). The molecule has 0 spiro atoms. The van der Waals surface area contributed by atoms with Crippen molar-refractivity contribution in [2.24, 2.45) is 0 Å². The van der Waals surface area contributed by atoms with Crippen LogP contribution in [-0.4, -0.2) is 39.7 Å². The number of carboxylic acid groups (broad SMARTS) is 1. The number of aliphatic hydroxyl groups is 1. The molecule has 0 unspecified atom stereocenters. The van der Waals surface area contributed by atoms with Gasteiger partial charge in [0.25, 0.3) is 5.91 Å². The van der Waals surface area contributed by atoms with E-state index in [0.29, 0.717) is 0 Å². The molecule has 0 saturated carbocycles. The summed E-state index contributed by atoms with van der Waals surface area (Å²) in [4.78, 5) is 25.9. The lowest BCUT2D eigenvalue weighted by Crippen LogP contribution is -2.30. The van der Waals surface area contributed by atoms with Gasteiger partial charge in [-0.05, 0) is 19.1 Å². The van der Waals surface area contributed by atoms with Gasteiger partial charge in [-0.15, -0.1) is 0 Å². The molecule has 0 radical (unpaired) electrons. The number of aliphatic carboxylic acids is 1. The highest BCUT2D eigenvalue weighted by Gasteiger charge is 2.13. The number of pyridine rings is 1. The lowest BCUT2D eigenvalue weighted by Gasteiger charge is -2.07. The van der Waals surface area contributed by atoms with Crippen LogP contribution < -0.4 is 5.32 Å². The molecule has 1 aromatic heterocycles. The van der Waals surface area contributed by atoms with Crippen LogP contribution in [-0.2, 0) is 4.79 Å². The van der Waals surface area contributed by atoms with Crippen LogP contribution >= 0.6 is 0 Å². The SMILES string of the molecule is Cc1cccc(C(=O)NCC[C@H](O)C(=O)O)n1. The highest BCUT2D eigenvalue weighted by Crippen LogP contribution is 1.98. The molecule has 1 atom stereocenters. The van der Waals surface area contributed by atoms with Gasteiger partial charge in [0.15, 0.2) is 6.10 Å². The molecule has 0 saturated heterocycles. The van der Waals surface area contributed by atoms with Crippen molar-refractivity contribution in [3.8, 4) is 0 Å². The highest BCUT2D eigenvalue weighted by molar-refractivity contribution is 5.92. The van der Waals surface area contributed by atoms with E-state index in [4.69, 9.17) is 10.2 Å². The molecule has 92 valence electrons. The van der Waals surface area contributed by atoms with Crippen LogP contribution in [0.4, 0.5) is 0 Å². The lowest BCUT2D eigenvalue weighted by molar-refractivity contribution is -0.146. The fraction of sp³-hybridized carbons (Fsp3) is 0.364. The Morgan fingerprint density at radius 2 is 2.18 bits per heavy atom. The van der Waals surface area contributed by atoms with E-state index >= 15 is 0 Å². The zero-order chi connectivity index (χ0) is 12.8. The molecule has 0 aliphatic carbocycles. The summed E-state index contributed by atoms with van der Waals surface area (Å²) in [5.41, 5.74) is 0.998. The Bertz CT molecular complexity index is 420. The lowest BCUT2D eigenvalue weighted by atomic mass is 10.2. The summed E-state index contributed by atoms with van der Waals surface area (Å²) in [5, 5.41) is 19.9. The number of amides is 1. The fourth-order valence-electron chi connectivity index (χ4n) is 1.21. The summed E-state index contributed by atoms with van der Waals surface area (Å²) in [6.45, 7) is 1.85. The third-order valence-electron chi connectivity index (χ3n) is 2.11. The first-order chi connectivity index (χ1) is 8.00. The van der Waals surface area contributed by atoms with Crippen LogP contribution in [0.3, 0.4) is 0 Å². The van der Waals surface area contributed by atoms with E-state index in [9.17, 15) is 9.59 Å². The summed E-state index contributed by atoms with van der Waals surface area (Å²) >= 11 is 0. The Balaban J connectivity index is 2.43. The summed E-state index contributed by atoms with van der Waals surface area (Å²) < 4.78 is 0. The minimum absolute atomic E-state index is 0.0348. The van der Waals surface area contributed by atoms with Gasteiger partial charge in [-0.3, -0.25) is 4.79 Å². The quantitative estimate of drug-likeness (QED) is 0.668. The van der Waals surface area contributed by atoms with Gasteiger partial charge >= 0.3 is 5.97 Å². The minimum Gasteiger partial charge on any atom is -0.479 e. The third kappa shape index (κ3) is 4.20. The van der Waals surface area contributed by atoms with Crippen molar-refractivity contribution in [3.63, 3.8) is 0 Å². The molecule has 0 fully saturated rings. The van der Waals surface area contributed by atoms with Crippen LogP contribution in [0.25, 0.3) is 0 Å². The Morgan fingerprint density at radius 3 is 2.76 bits per heavy atom. The molecule has 6 heteroatoms. The molecule has 0 aliphatic rings. The second kappa shape index (κ2) is 5.95. The first-order valence-corrected chi connectivity index (χ1v) is 5.13. The smallest absolute Gasteiger partial charge is 0.332 e. The topological polar surface area (TPSA) is 99.5 Å². The number of carboxylic acids is 1. The molecule has 3 N–H and O–H groups in total. The van der Waals surface area contributed by atoms with E-state index in [0.717, 1.165) is 5.69 Å². The molecule has 1 heterocycles. The van der Waals surface area contributed by atoms with Gasteiger partial charge in [0.05, 0.1) is 0 Å². The maximum Gasteiger partial charge on any atom is 0.332 e. The molecule has 0 aromatic carbocycles. The summed E-state index contributed by atoms with van der Waals surface area (Å²) in [6.07, 6.45) is -1.49. The van der Waals surface area contributed by atoms with Crippen molar-refractivity contribution in [1.82, 2.24) is 10.3 Å². The largest absolute Gasteiger partial charge is 0.479 e. The Labute approximate surface area is 98.3 Å². The monoisotopic (exact) mass is 238 g/mol. The first kappa shape index (κ1) is 13.1. The summed E-state index contributed by atoms with van der Waals surface area (Å²) in [5.74, 6) is -1.68. The Hall–Kier alpha value is -1.95. The fourth-order valence-corrected chi connectivity index (χ4v) is 1.21. The van der Waals surface area contributed by atoms with Crippen molar-refractivity contribution in [3.05, 3.63) is 29.6 Å². The van der Waals surface area contributed by atoms with Crippen molar-refractivity contribution in [2.75, 3.05) is 6.54 Å². The van der Waals surface area contributed by atoms with Gasteiger partial charge in [0.2, 0.25) is 0 Å². The van der Waals surface area contributed by atoms with Crippen molar-refractivity contribution >= 4 is 11.9 Å². The van der Waals surface area contributed by atoms with E-state index in [1.54, 1.807) is 25.1 Å². The van der Waals surface area contributed by atoms with Gasteiger partial charge in [-0.25, -0.2) is 9.78 Å².